The Kier molecular flexibility index (Phi) is 5.00. The first-order chi connectivity index (χ1) is 14.5. The molecule has 0 atom stereocenters. The van der Waals surface area contributed by atoms with Gasteiger partial charge in [-0.3, -0.25) is 9.59 Å². The average molecular weight is 400 g/mol. The van der Waals surface area contributed by atoms with E-state index in [4.69, 9.17) is 4.42 Å². The maximum atomic E-state index is 12.3. The zero-order chi connectivity index (χ0) is 21.1. The van der Waals surface area contributed by atoms with Gasteiger partial charge in [-0.1, -0.05) is 24.3 Å². The van der Waals surface area contributed by atoms with Crippen LogP contribution in [0.4, 0.5) is 0 Å². The fraction of sp³-hybridized carbons (Fsp3) is 0. The molecule has 1 heterocycles. The fourth-order valence-electron chi connectivity index (χ4n) is 2.90. The Hall–Kier alpha value is -4.39. The maximum Gasteiger partial charge on any atom is 0.271 e. The molecule has 0 radical (unpaired) electrons. The minimum Gasteiger partial charge on any atom is -0.508 e. The van der Waals surface area contributed by atoms with Gasteiger partial charge in [0.1, 0.15) is 22.8 Å². The molecule has 4 rings (SSSR count). The molecule has 0 aliphatic heterocycles. The Morgan fingerprint density at radius 1 is 0.967 bits per heavy atom. The van der Waals surface area contributed by atoms with E-state index in [2.05, 4.69) is 10.5 Å². The predicted molar refractivity (Wildman–Crippen MR) is 113 cm³/mol. The fourth-order valence-corrected chi connectivity index (χ4v) is 2.90. The molecule has 148 valence electrons. The molecule has 0 saturated heterocycles. The van der Waals surface area contributed by atoms with Gasteiger partial charge in [-0.25, -0.2) is 5.43 Å². The van der Waals surface area contributed by atoms with E-state index < -0.39 is 5.91 Å². The molecule has 0 unspecified atom stereocenters. The van der Waals surface area contributed by atoms with E-state index in [9.17, 15) is 19.8 Å². The lowest BCUT2D eigenvalue weighted by atomic mass is 10.1. The second-order valence-electron chi connectivity index (χ2n) is 6.49. The summed E-state index contributed by atoms with van der Waals surface area (Å²) in [6.45, 7) is 0. The second kappa shape index (κ2) is 7.92. The number of hydrogen-bond donors (Lipinski definition) is 3. The van der Waals surface area contributed by atoms with Crippen molar-refractivity contribution in [3.05, 3.63) is 94.1 Å². The Labute approximate surface area is 170 Å². The van der Waals surface area contributed by atoms with Crippen molar-refractivity contribution in [2.45, 2.75) is 0 Å². The van der Waals surface area contributed by atoms with Crippen molar-refractivity contribution in [3.63, 3.8) is 0 Å². The Balaban J connectivity index is 1.50. The van der Waals surface area contributed by atoms with E-state index in [1.165, 1.54) is 30.5 Å². The highest BCUT2D eigenvalue weighted by Gasteiger charge is 2.09. The molecule has 4 aromatic rings. The summed E-state index contributed by atoms with van der Waals surface area (Å²) in [4.78, 5) is 24.5. The lowest BCUT2D eigenvalue weighted by Crippen LogP contribution is -2.17. The Morgan fingerprint density at radius 2 is 1.73 bits per heavy atom. The summed E-state index contributed by atoms with van der Waals surface area (Å²) in [5.74, 6) is -0.271. The number of hydrogen-bond acceptors (Lipinski definition) is 6. The molecule has 1 amide bonds. The van der Waals surface area contributed by atoms with Crippen molar-refractivity contribution < 1.29 is 19.4 Å². The average Bonchev–Trinajstić information content (AvgIpc) is 2.75. The minimum atomic E-state index is -0.448. The van der Waals surface area contributed by atoms with Gasteiger partial charge in [-0.15, -0.1) is 0 Å². The van der Waals surface area contributed by atoms with Crippen molar-refractivity contribution in [1.82, 2.24) is 5.43 Å². The summed E-state index contributed by atoms with van der Waals surface area (Å²) in [6.07, 6.45) is 1.27. The molecule has 30 heavy (non-hydrogen) atoms. The summed E-state index contributed by atoms with van der Waals surface area (Å²) in [5, 5.41) is 23.3. The summed E-state index contributed by atoms with van der Waals surface area (Å²) < 4.78 is 5.80. The quantitative estimate of drug-likeness (QED) is 0.358. The van der Waals surface area contributed by atoms with E-state index in [1.54, 1.807) is 48.5 Å². The minimum absolute atomic E-state index is 0.0731. The van der Waals surface area contributed by atoms with Crippen molar-refractivity contribution >= 4 is 23.1 Å². The molecule has 1 aromatic heterocycles. The van der Waals surface area contributed by atoms with Crippen molar-refractivity contribution in [2.75, 3.05) is 0 Å². The van der Waals surface area contributed by atoms with Gasteiger partial charge in [0.25, 0.3) is 5.91 Å². The number of nitrogens with one attached hydrogen (secondary N) is 1. The van der Waals surface area contributed by atoms with E-state index in [1.807, 2.05) is 0 Å². The molecule has 7 nitrogen and oxygen atoms in total. The smallest absolute Gasteiger partial charge is 0.271 e. The molecule has 0 spiro atoms. The number of carbonyl (C=O) groups is 1. The van der Waals surface area contributed by atoms with Crippen LogP contribution < -0.4 is 10.9 Å². The van der Waals surface area contributed by atoms with Crippen LogP contribution in [0.15, 0.2) is 87.1 Å². The predicted octanol–water partition coefficient (Wildman–Crippen LogP) is 3.64. The highest BCUT2D eigenvalue weighted by atomic mass is 16.3. The normalized spacial score (nSPS) is 11.1. The standard InChI is InChI=1S/C23H16N2O5/c26-17-10-9-16(19(27)11-17)13-24-25-23(29)15-7-5-14(6-8-15)22-12-20(28)18-3-1-2-4-21(18)30-22/h1-13,26-27H,(H,25,29)/b24-13+. The second-order valence-corrected chi connectivity index (χ2v) is 6.49. The number of hydrazone groups is 1. The molecule has 0 aliphatic rings. The summed E-state index contributed by atoms with van der Waals surface area (Å²) in [7, 11) is 0. The first-order valence-corrected chi connectivity index (χ1v) is 9.00. The zero-order valence-electron chi connectivity index (χ0n) is 15.6. The van der Waals surface area contributed by atoms with Gasteiger partial charge in [0.2, 0.25) is 0 Å². The van der Waals surface area contributed by atoms with Gasteiger partial charge in [-0.05, 0) is 36.4 Å². The van der Waals surface area contributed by atoms with Crippen molar-refractivity contribution in [3.8, 4) is 22.8 Å². The van der Waals surface area contributed by atoms with Gasteiger partial charge in [0, 0.05) is 28.8 Å². The molecule has 3 N–H and O–H groups in total. The molecule has 0 saturated carbocycles. The summed E-state index contributed by atoms with van der Waals surface area (Å²) >= 11 is 0. The number of nitrogens with zero attached hydrogens (tertiary/aromatic N) is 1. The van der Waals surface area contributed by atoms with Gasteiger partial charge in [0.15, 0.2) is 5.43 Å². The third-order valence-corrected chi connectivity index (χ3v) is 4.45. The topological polar surface area (TPSA) is 112 Å². The van der Waals surface area contributed by atoms with E-state index in [0.29, 0.717) is 33.4 Å². The van der Waals surface area contributed by atoms with E-state index >= 15 is 0 Å². The summed E-state index contributed by atoms with van der Waals surface area (Å²) in [6, 6.07) is 19.0. The van der Waals surface area contributed by atoms with Crippen molar-refractivity contribution in [2.24, 2.45) is 5.10 Å². The van der Waals surface area contributed by atoms with Gasteiger partial charge >= 0.3 is 0 Å². The SMILES string of the molecule is O=C(N/N=C/c1ccc(O)cc1O)c1ccc(-c2cc(=O)c3ccccc3o2)cc1. The van der Waals surface area contributed by atoms with Crippen LogP contribution >= 0.6 is 0 Å². The number of rotatable bonds is 4. The Morgan fingerprint density at radius 3 is 2.50 bits per heavy atom. The van der Waals surface area contributed by atoms with Crippen LogP contribution in [0.3, 0.4) is 0 Å². The monoisotopic (exact) mass is 400 g/mol. The highest BCUT2D eigenvalue weighted by molar-refractivity contribution is 5.95. The number of carbonyl (C=O) groups excluding carboxylic acids is 1. The molecular weight excluding hydrogens is 384 g/mol. The first-order valence-electron chi connectivity index (χ1n) is 9.00. The number of aromatic hydroxyl groups is 2. The number of para-hydroxylation sites is 1. The lowest BCUT2D eigenvalue weighted by molar-refractivity contribution is 0.0955. The number of amides is 1. The largest absolute Gasteiger partial charge is 0.508 e. The van der Waals surface area contributed by atoms with Gasteiger partial charge < -0.3 is 14.6 Å². The molecule has 3 aromatic carbocycles. The van der Waals surface area contributed by atoms with Crippen LogP contribution in [0.25, 0.3) is 22.3 Å². The summed E-state index contributed by atoms with van der Waals surface area (Å²) in [5.41, 5.74) is 4.08. The molecule has 0 aliphatic carbocycles. The van der Waals surface area contributed by atoms with Crippen molar-refractivity contribution in [1.29, 1.82) is 0 Å². The maximum absolute atomic E-state index is 12.3. The van der Waals surface area contributed by atoms with Gasteiger partial charge in [0.05, 0.1) is 11.6 Å². The van der Waals surface area contributed by atoms with Gasteiger partial charge in [-0.2, -0.15) is 5.10 Å². The number of benzene rings is 3. The molecule has 7 heteroatoms. The first kappa shape index (κ1) is 18.9. The lowest BCUT2D eigenvalue weighted by Gasteiger charge is -2.05. The van der Waals surface area contributed by atoms with Crippen LogP contribution in [0.1, 0.15) is 15.9 Å². The molecule has 0 bridgehead atoms. The van der Waals surface area contributed by atoms with Crippen LogP contribution in [0, 0.1) is 0 Å². The van der Waals surface area contributed by atoms with E-state index in [-0.39, 0.29) is 16.9 Å². The molecular formula is C23H16N2O5. The highest BCUT2D eigenvalue weighted by Crippen LogP contribution is 2.23. The third kappa shape index (κ3) is 3.90. The molecule has 0 fully saturated rings. The van der Waals surface area contributed by atoms with Crippen LogP contribution in [0.2, 0.25) is 0 Å². The van der Waals surface area contributed by atoms with Crippen LogP contribution in [-0.4, -0.2) is 22.3 Å². The third-order valence-electron chi connectivity index (χ3n) is 4.45. The van der Waals surface area contributed by atoms with Crippen LogP contribution in [0.5, 0.6) is 11.5 Å². The zero-order valence-corrected chi connectivity index (χ0v) is 15.6. The number of phenols is 2. The number of fused-ring (bicyclic) bond motifs is 1. The van der Waals surface area contributed by atoms with Crippen LogP contribution in [-0.2, 0) is 0 Å². The van der Waals surface area contributed by atoms with E-state index in [0.717, 1.165) is 0 Å². The number of phenolic OH excluding ortho intramolecular Hbond substituents is 2. The Bertz CT molecular complexity index is 1320.